The fraction of sp³-hybridized carbons (Fsp3) is 0.391. The molecule has 0 spiro atoms. The van der Waals surface area contributed by atoms with Gasteiger partial charge in [-0.1, -0.05) is 0 Å². The van der Waals surface area contributed by atoms with Crippen LogP contribution in [0.5, 0.6) is 5.75 Å². The number of ether oxygens (including phenoxy) is 1. The maximum atomic E-state index is 13.2. The van der Waals surface area contributed by atoms with Crippen molar-refractivity contribution in [2.24, 2.45) is 0 Å². The quantitative estimate of drug-likeness (QED) is 0.840. The number of methoxy groups -OCH3 is 1. The zero-order chi connectivity index (χ0) is 20.2. The van der Waals surface area contributed by atoms with Crippen LogP contribution in [0.2, 0.25) is 0 Å². The Morgan fingerprint density at radius 3 is 2.21 bits per heavy atom. The van der Waals surface area contributed by atoms with Gasteiger partial charge in [-0.15, -0.1) is 0 Å². The van der Waals surface area contributed by atoms with E-state index < -0.39 is 0 Å². The van der Waals surface area contributed by atoms with Crippen molar-refractivity contribution in [1.82, 2.24) is 4.90 Å². The number of likely N-dealkylation sites (tertiary alicyclic amines) is 1. The number of amides is 2. The second-order valence-corrected chi connectivity index (χ2v) is 7.61. The standard InChI is InChI=1S/C23H27N3O3/c1-29-19-9-6-17(7-10-19)22(27)24-18-8-11-21(25-12-2-3-13-25)20(16-18)23(28)26-14-4-5-15-26/h6-11,16H,2-5,12-15H2,1H3,(H,24,27). The lowest BCUT2D eigenvalue weighted by Gasteiger charge is -2.24. The van der Waals surface area contributed by atoms with Gasteiger partial charge in [0.05, 0.1) is 12.7 Å². The molecular weight excluding hydrogens is 366 g/mol. The molecule has 0 saturated carbocycles. The summed E-state index contributed by atoms with van der Waals surface area (Å²) in [6.45, 7) is 3.55. The summed E-state index contributed by atoms with van der Waals surface area (Å²) in [5, 5.41) is 2.93. The predicted octanol–water partition coefficient (Wildman–Crippen LogP) is 3.78. The van der Waals surface area contributed by atoms with E-state index in [4.69, 9.17) is 4.74 Å². The Bertz CT molecular complexity index is 883. The molecule has 2 heterocycles. The van der Waals surface area contributed by atoms with Crippen molar-refractivity contribution in [3.63, 3.8) is 0 Å². The van der Waals surface area contributed by atoms with E-state index in [9.17, 15) is 9.59 Å². The molecule has 0 unspecified atom stereocenters. The summed E-state index contributed by atoms with van der Waals surface area (Å²) in [5.74, 6) is 0.557. The van der Waals surface area contributed by atoms with Crippen LogP contribution in [0.15, 0.2) is 42.5 Å². The molecule has 2 aromatic carbocycles. The molecule has 0 atom stereocenters. The summed E-state index contributed by atoms with van der Waals surface area (Å²) in [5.41, 5.74) is 2.83. The molecule has 0 aliphatic carbocycles. The maximum Gasteiger partial charge on any atom is 0.256 e. The van der Waals surface area contributed by atoms with Gasteiger partial charge in [0.15, 0.2) is 0 Å². The summed E-state index contributed by atoms with van der Waals surface area (Å²) in [6.07, 6.45) is 4.40. The second kappa shape index (κ2) is 8.55. The Hall–Kier alpha value is -3.02. The van der Waals surface area contributed by atoms with Gasteiger partial charge in [0.25, 0.3) is 11.8 Å². The third-order valence-electron chi connectivity index (χ3n) is 5.68. The number of rotatable bonds is 5. The normalized spacial score (nSPS) is 16.2. The Morgan fingerprint density at radius 1 is 0.897 bits per heavy atom. The number of hydrogen-bond acceptors (Lipinski definition) is 4. The van der Waals surface area contributed by atoms with Gasteiger partial charge < -0.3 is 19.9 Å². The first-order valence-corrected chi connectivity index (χ1v) is 10.3. The van der Waals surface area contributed by atoms with Crippen LogP contribution in [0.3, 0.4) is 0 Å². The molecule has 0 aromatic heterocycles. The van der Waals surface area contributed by atoms with E-state index in [0.29, 0.717) is 22.6 Å². The number of anilines is 2. The molecule has 2 saturated heterocycles. The number of carbonyl (C=O) groups is 2. The van der Waals surface area contributed by atoms with Crippen molar-refractivity contribution in [3.05, 3.63) is 53.6 Å². The number of benzene rings is 2. The van der Waals surface area contributed by atoms with Crippen LogP contribution in [0.25, 0.3) is 0 Å². The molecule has 2 fully saturated rings. The van der Waals surface area contributed by atoms with E-state index in [1.807, 2.05) is 23.1 Å². The molecule has 2 aromatic rings. The van der Waals surface area contributed by atoms with Gasteiger partial charge in [-0.05, 0) is 68.1 Å². The largest absolute Gasteiger partial charge is 0.497 e. The maximum absolute atomic E-state index is 13.2. The van der Waals surface area contributed by atoms with Gasteiger partial charge in [0.1, 0.15) is 5.75 Å². The third-order valence-corrected chi connectivity index (χ3v) is 5.68. The molecule has 2 aliphatic heterocycles. The SMILES string of the molecule is COc1ccc(C(=O)Nc2ccc(N3CCCC3)c(C(=O)N3CCCC3)c2)cc1. The third kappa shape index (κ3) is 4.21. The monoisotopic (exact) mass is 393 g/mol. The average Bonchev–Trinajstić information content (AvgIpc) is 3.47. The highest BCUT2D eigenvalue weighted by Gasteiger charge is 2.25. The number of hydrogen-bond donors (Lipinski definition) is 1. The molecular formula is C23H27N3O3. The van der Waals surface area contributed by atoms with Crippen LogP contribution in [-0.2, 0) is 0 Å². The highest BCUT2D eigenvalue weighted by atomic mass is 16.5. The topological polar surface area (TPSA) is 61.9 Å². The first-order valence-electron chi connectivity index (χ1n) is 10.3. The molecule has 6 nitrogen and oxygen atoms in total. The lowest BCUT2D eigenvalue weighted by molar-refractivity contribution is 0.0793. The molecule has 0 bridgehead atoms. The Labute approximate surface area is 171 Å². The molecule has 2 amide bonds. The van der Waals surface area contributed by atoms with Crippen molar-refractivity contribution in [2.45, 2.75) is 25.7 Å². The average molecular weight is 393 g/mol. The first kappa shape index (κ1) is 19.3. The van der Waals surface area contributed by atoms with E-state index in [-0.39, 0.29) is 11.8 Å². The lowest BCUT2D eigenvalue weighted by Crippen LogP contribution is -2.30. The van der Waals surface area contributed by atoms with E-state index in [0.717, 1.165) is 57.5 Å². The first-order chi connectivity index (χ1) is 14.2. The van der Waals surface area contributed by atoms with Crippen molar-refractivity contribution >= 4 is 23.2 Å². The Morgan fingerprint density at radius 2 is 1.55 bits per heavy atom. The zero-order valence-corrected chi connectivity index (χ0v) is 16.8. The van der Waals surface area contributed by atoms with Crippen molar-refractivity contribution < 1.29 is 14.3 Å². The Balaban J connectivity index is 1.59. The van der Waals surface area contributed by atoms with Crippen molar-refractivity contribution in [2.75, 3.05) is 43.5 Å². The molecule has 6 heteroatoms. The van der Waals surface area contributed by atoms with Gasteiger partial charge >= 0.3 is 0 Å². The van der Waals surface area contributed by atoms with Crippen molar-refractivity contribution in [1.29, 1.82) is 0 Å². The minimum absolute atomic E-state index is 0.0601. The van der Waals surface area contributed by atoms with Crippen molar-refractivity contribution in [3.8, 4) is 5.75 Å². The van der Waals surface area contributed by atoms with Gasteiger partial charge in [0, 0.05) is 43.1 Å². The summed E-state index contributed by atoms with van der Waals surface area (Å²) in [6, 6.07) is 12.7. The number of nitrogens with zero attached hydrogens (tertiary/aromatic N) is 2. The summed E-state index contributed by atoms with van der Waals surface area (Å²) < 4.78 is 5.14. The van der Waals surface area contributed by atoms with Crippen LogP contribution < -0.4 is 15.0 Å². The van der Waals surface area contributed by atoms with E-state index in [2.05, 4.69) is 10.2 Å². The minimum Gasteiger partial charge on any atom is -0.497 e. The Kier molecular flexibility index (Phi) is 5.69. The highest BCUT2D eigenvalue weighted by molar-refractivity contribution is 6.06. The van der Waals surface area contributed by atoms with Crippen LogP contribution in [0, 0.1) is 0 Å². The van der Waals surface area contributed by atoms with E-state index >= 15 is 0 Å². The lowest BCUT2D eigenvalue weighted by atomic mass is 10.1. The predicted molar refractivity (Wildman–Crippen MR) is 114 cm³/mol. The minimum atomic E-state index is -0.207. The molecule has 0 radical (unpaired) electrons. The van der Waals surface area contributed by atoms with E-state index in [1.54, 1.807) is 31.4 Å². The molecule has 2 aliphatic rings. The van der Waals surface area contributed by atoms with Gasteiger partial charge in [-0.2, -0.15) is 0 Å². The summed E-state index contributed by atoms with van der Waals surface area (Å²) in [7, 11) is 1.59. The fourth-order valence-corrected chi connectivity index (χ4v) is 4.06. The van der Waals surface area contributed by atoms with Gasteiger partial charge in [-0.25, -0.2) is 0 Å². The van der Waals surface area contributed by atoms with Crippen LogP contribution >= 0.6 is 0 Å². The van der Waals surface area contributed by atoms with Crippen LogP contribution in [-0.4, -0.2) is 50.0 Å². The molecule has 1 N–H and O–H groups in total. The summed E-state index contributed by atoms with van der Waals surface area (Å²) in [4.78, 5) is 30.0. The van der Waals surface area contributed by atoms with Gasteiger partial charge in [-0.3, -0.25) is 9.59 Å². The number of carbonyl (C=O) groups excluding carboxylic acids is 2. The molecule has 152 valence electrons. The highest BCUT2D eigenvalue weighted by Crippen LogP contribution is 2.30. The zero-order valence-electron chi connectivity index (χ0n) is 16.8. The summed E-state index contributed by atoms with van der Waals surface area (Å²) >= 11 is 0. The molecule has 29 heavy (non-hydrogen) atoms. The van der Waals surface area contributed by atoms with Crippen LogP contribution in [0.1, 0.15) is 46.4 Å². The second-order valence-electron chi connectivity index (χ2n) is 7.61. The van der Waals surface area contributed by atoms with Crippen LogP contribution in [0.4, 0.5) is 11.4 Å². The number of nitrogens with one attached hydrogen (secondary N) is 1. The molecule has 4 rings (SSSR count). The fourth-order valence-electron chi connectivity index (χ4n) is 4.06. The smallest absolute Gasteiger partial charge is 0.256 e. The van der Waals surface area contributed by atoms with Gasteiger partial charge in [0.2, 0.25) is 0 Å². The van der Waals surface area contributed by atoms with E-state index in [1.165, 1.54) is 0 Å².